The Bertz CT molecular complexity index is 760. The van der Waals surface area contributed by atoms with Gasteiger partial charge in [-0.3, -0.25) is 9.59 Å². The van der Waals surface area contributed by atoms with Crippen LogP contribution in [0.15, 0.2) is 47.2 Å². The van der Waals surface area contributed by atoms with E-state index in [1.165, 1.54) is 0 Å². The largest absolute Gasteiger partial charge is 0.340 e. The van der Waals surface area contributed by atoms with E-state index in [9.17, 15) is 9.59 Å². The van der Waals surface area contributed by atoms with Gasteiger partial charge < -0.3 is 9.80 Å². The molecule has 2 aliphatic heterocycles. The lowest BCUT2D eigenvalue weighted by molar-refractivity contribution is -0.135. The molecule has 2 atom stereocenters. The van der Waals surface area contributed by atoms with Gasteiger partial charge in [0.2, 0.25) is 11.8 Å². The number of amides is 2. The fraction of sp³-hybridized carbons (Fsp3) is 0.429. The molecule has 0 unspecified atom stereocenters. The Kier molecular flexibility index (Phi) is 5.07. The van der Waals surface area contributed by atoms with Crippen molar-refractivity contribution in [2.24, 2.45) is 5.92 Å². The maximum Gasteiger partial charge on any atom is 0.227 e. The van der Waals surface area contributed by atoms with Gasteiger partial charge in [0.25, 0.3) is 0 Å². The second-order valence-corrected chi connectivity index (χ2v) is 8.11. The highest BCUT2D eigenvalue weighted by atomic mass is 32.1. The van der Waals surface area contributed by atoms with Crippen LogP contribution in [0.25, 0.3) is 0 Å². The van der Waals surface area contributed by atoms with E-state index >= 15 is 0 Å². The molecule has 5 heteroatoms. The van der Waals surface area contributed by atoms with Gasteiger partial charge in [0.1, 0.15) is 0 Å². The topological polar surface area (TPSA) is 40.6 Å². The van der Waals surface area contributed by atoms with Crippen LogP contribution in [-0.2, 0) is 22.6 Å². The van der Waals surface area contributed by atoms with Crippen LogP contribution in [0.2, 0.25) is 0 Å². The standard InChI is InChI=1S/C21H24N2O2S/c24-20-8-4-7-18-13-22(21(25)11-17-9-10-26-15-17)14-19(18)23(20)12-16-5-2-1-3-6-16/h1-3,5-6,9-10,15,18-19H,4,7-8,11-14H2/t18-,19+/m1/s1. The molecule has 0 saturated carbocycles. The molecular weight excluding hydrogens is 344 g/mol. The van der Waals surface area contributed by atoms with Gasteiger partial charge in [0.05, 0.1) is 12.5 Å². The first-order chi connectivity index (χ1) is 12.7. The predicted octanol–water partition coefficient (Wildman–Crippen LogP) is 3.33. The fourth-order valence-electron chi connectivity index (χ4n) is 4.20. The molecule has 0 radical (unpaired) electrons. The second-order valence-electron chi connectivity index (χ2n) is 7.33. The summed E-state index contributed by atoms with van der Waals surface area (Å²) in [5, 5.41) is 4.05. The number of carbonyl (C=O) groups is 2. The number of nitrogens with zero attached hydrogens (tertiary/aromatic N) is 2. The van der Waals surface area contributed by atoms with E-state index in [1.807, 2.05) is 44.8 Å². The molecule has 136 valence electrons. The minimum atomic E-state index is 0.150. The van der Waals surface area contributed by atoms with E-state index in [2.05, 4.69) is 12.1 Å². The number of hydrogen-bond acceptors (Lipinski definition) is 3. The first kappa shape index (κ1) is 17.3. The third-order valence-corrected chi connectivity index (χ3v) is 6.31. The molecular formula is C21H24N2O2S. The average Bonchev–Trinajstić information content (AvgIpc) is 3.28. The minimum absolute atomic E-state index is 0.150. The van der Waals surface area contributed by atoms with Crippen LogP contribution in [0.4, 0.5) is 0 Å². The third-order valence-electron chi connectivity index (χ3n) is 5.58. The van der Waals surface area contributed by atoms with Crippen molar-refractivity contribution in [3.63, 3.8) is 0 Å². The molecule has 2 fully saturated rings. The van der Waals surface area contributed by atoms with E-state index in [0.717, 1.165) is 30.5 Å². The summed E-state index contributed by atoms with van der Waals surface area (Å²) >= 11 is 1.63. The summed E-state index contributed by atoms with van der Waals surface area (Å²) in [5.74, 6) is 0.814. The highest BCUT2D eigenvalue weighted by molar-refractivity contribution is 7.08. The van der Waals surface area contributed by atoms with Crippen molar-refractivity contribution in [3.8, 4) is 0 Å². The van der Waals surface area contributed by atoms with Crippen molar-refractivity contribution >= 4 is 23.2 Å². The van der Waals surface area contributed by atoms with E-state index < -0.39 is 0 Å². The lowest BCUT2D eigenvalue weighted by Gasteiger charge is -2.30. The normalized spacial score (nSPS) is 23.0. The quantitative estimate of drug-likeness (QED) is 0.831. The number of likely N-dealkylation sites (tertiary alicyclic amines) is 2. The van der Waals surface area contributed by atoms with Gasteiger partial charge in [-0.2, -0.15) is 11.3 Å². The molecule has 1 aromatic heterocycles. The molecule has 26 heavy (non-hydrogen) atoms. The molecule has 3 heterocycles. The molecule has 2 saturated heterocycles. The lowest BCUT2D eigenvalue weighted by Crippen LogP contribution is -2.43. The Labute approximate surface area is 158 Å². The smallest absolute Gasteiger partial charge is 0.227 e. The van der Waals surface area contributed by atoms with Gasteiger partial charge in [-0.1, -0.05) is 30.3 Å². The molecule has 0 spiro atoms. The number of carbonyl (C=O) groups excluding carboxylic acids is 2. The Morgan fingerprint density at radius 3 is 2.73 bits per heavy atom. The number of hydrogen-bond donors (Lipinski definition) is 0. The zero-order valence-electron chi connectivity index (χ0n) is 14.8. The van der Waals surface area contributed by atoms with Crippen molar-refractivity contribution in [2.75, 3.05) is 13.1 Å². The predicted molar refractivity (Wildman–Crippen MR) is 103 cm³/mol. The Morgan fingerprint density at radius 2 is 1.96 bits per heavy atom. The Balaban J connectivity index is 1.49. The van der Waals surface area contributed by atoms with Gasteiger partial charge in [0, 0.05) is 26.1 Å². The first-order valence-corrected chi connectivity index (χ1v) is 10.3. The number of rotatable bonds is 4. The zero-order chi connectivity index (χ0) is 17.9. The summed E-state index contributed by atoms with van der Waals surface area (Å²) in [6, 6.07) is 12.3. The summed E-state index contributed by atoms with van der Waals surface area (Å²) in [5.41, 5.74) is 2.24. The minimum Gasteiger partial charge on any atom is -0.340 e. The molecule has 4 rings (SSSR count). The fourth-order valence-corrected chi connectivity index (χ4v) is 4.87. The van der Waals surface area contributed by atoms with Crippen molar-refractivity contribution in [1.29, 1.82) is 0 Å². The molecule has 4 nitrogen and oxygen atoms in total. The summed E-state index contributed by atoms with van der Waals surface area (Å²) in [6.07, 6.45) is 3.06. The lowest BCUT2D eigenvalue weighted by atomic mass is 9.98. The molecule has 0 bridgehead atoms. The van der Waals surface area contributed by atoms with Crippen LogP contribution in [0.1, 0.15) is 30.4 Å². The van der Waals surface area contributed by atoms with Crippen LogP contribution in [-0.4, -0.2) is 40.7 Å². The van der Waals surface area contributed by atoms with Crippen LogP contribution in [0.5, 0.6) is 0 Å². The molecule has 0 N–H and O–H groups in total. The number of fused-ring (bicyclic) bond motifs is 1. The van der Waals surface area contributed by atoms with E-state index in [1.54, 1.807) is 11.3 Å². The number of benzene rings is 1. The Morgan fingerprint density at radius 1 is 1.12 bits per heavy atom. The molecule has 1 aromatic carbocycles. The van der Waals surface area contributed by atoms with Gasteiger partial charge in [0.15, 0.2) is 0 Å². The van der Waals surface area contributed by atoms with Crippen LogP contribution < -0.4 is 0 Å². The van der Waals surface area contributed by atoms with Crippen LogP contribution >= 0.6 is 11.3 Å². The Hall–Kier alpha value is -2.14. The maximum absolute atomic E-state index is 12.7. The van der Waals surface area contributed by atoms with Crippen LogP contribution in [0.3, 0.4) is 0 Å². The molecule has 0 aliphatic carbocycles. The van der Waals surface area contributed by atoms with Gasteiger partial charge in [-0.05, 0) is 46.7 Å². The van der Waals surface area contributed by atoms with Gasteiger partial charge in [-0.25, -0.2) is 0 Å². The third kappa shape index (κ3) is 3.68. The average molecular weight is 369 g/mol. The second kappa shape index (κ2) is 7.62. The summed E-state index contributed by atoms with van der Waals surface area (Å²) in [7, 11) is 0. The van der Waals surface area contributed by atoms with E-state index in [4.69, 9.17) is 0 Å². The molecule has 2 aromatic rings. The van der Waals surface area contributed by atoms with Crippen molar-refractivity contribution in [1.82, 2.24) is 9.80 Å². The van der Waals surface area contributed by atoms with Crippen LogP contribution in [0, 0.1) is 5.92 Å². The van der Waals surface area contributed by atoms with E-state index in [0.29, 0.717) is 31.8 Å². The highest BCUT2D eigenvalue weighted by Gasteiger charge is 2.41. The number of thiophene rings is 1. The molecule has 2 aliphatic rings. The maximum atomic E-state index is 12.7. The first-order valence-electron chi connectivity index (χ1n) is 9.33. The summed E-state index contributed by atoms with van der Waals surface area (Å²) in [6.45, 7) is 2.10. The zero-order valence-corrected chi connectivity index (χ0v) is 15.7. The SMILES string of the molecule is O=C(Cc1ccsc1)N1C[C@H]2CCCC(=O)N(Cc3ccccc3)[C@H]2C1. The summed E-state index contributed by atoms with van der Waals surface area (Å²) < 4.78 is 0. The van der Waals surface area contributed by atoms with Crippen molar-refractivity contribution in [3.05, 3.63) is 58.3 Å². The van der Waals surface area contributed by atoms with Crippen molar-refractivity contribution in [2.45, 2.75) is 38.3 Å². The summed E-state index contributed by atoms with van der Waals surface area (Å²) in [4.78, 5) is 29.4. The van der Waals surface area contributed by atoms with Gasteiger partial charge in [-0.15, -0.1) is 0 Å². The highest BCUT2D eigenvalue weighted by Crippen LogP contribution is 2.32. The monoisotopic (exact) mass is 368 g/mol. The van der Waals surface area contributed by atoms with Gasteiger partial charge >= 0.3 is 0 Å². The van der Waals surface area contributed by atoms with E-state index in [-0.39, 0.29) is 17.9 Å². The molecule has 2 amide bonds. The van der Waals surface area contributed by atoms with Crippen molar-refractivity contribution < 1.29 is 9.59 Å².